The van der Waals surface area contributed by atoms with Crippen LogP contribution in [-0.4, -0.2) is 102 Å². The number of likely N-dealkylation sites (N-methyl/N-ethyl adjacent to an activating group) is 1. The SMILES string of the molecule is CC#C[C@@]1(O)CCC2C3CCC4=CC(=O)CCC4=C3[C@H](c3ccc(N(C)CCO[C@@]4(C)CC[C@@]5(C)[C@H](C[C@@H](OCOC(=O)CCCNC(=O)OC(C)(C)C)[C@@H]6[C@@H]5C[C@H](O)[C@]5(C)[C@@H]([C@H](C)CCC(=O)O)CC[C@@H]65)C4)cc3)C[C@@]21C. The van der Waals surface area contributed by atoms with Gasteiger partial charge in [-0.2, -0.15) is 0 Å². The maximum atomic E-state index is 13.0. The van der Waals surface area contributed by atoms with Crippen LogP contribution in [0.4, 0.5) is 10.5 Å². The highest BCUT2D eigenvalue weighted by molar-refractivity contribution is 5.93. The standard InChI is InChI=1S/C65H94N2O11/c1-11-27-65(74)28-26-50-47-21-17-42-34-45(68)20-22-46(42)57(47)48(38-63(50,65)8)41-15-18-44(19-16-41)67(10)32-33-77-61(6)29-30-62(7)43(37-61)35-53(75-39-76-56(72)13-12-31-66-59(73)78-60(3,4)5)58-51-24-23-49(40(2)14-25-55(70)71)64(51,9)54(69)36-52(58)62/h15-16,18-19,34,40,43,47-54,58,69,74H,12-14,17,20-26,28-33,35-39H2,1-10H3,(H,66,73)(H,70,71)/t40-,43-,47?,48+,49-,50?,51+,52+,53-,54+,58+,61+,62+,63+,64-,65-/m1/s1. The van der Waals surface area contributed by atoms with Gasteiger partial charge in [-0.25, -0.2) is 4.79 Å². The number of nitrogens with zero attached hydrogens (tertiary/aromatic N) is 1. The topological polar surface area (TPSA) is 181 Å². The summed E-state index contributed by atoms with van der Waals surface area (Å²) in [6.07, 6.45) is 13.8. The quantitative estimate of drug-likeness (QED) is 0.0502. The number of nitrogens with one attached hydrogen (secondary N) is 1. The molecule has 13 nitrogen and oxygen atoms in total. The van der Waals surface area contributed by atoms with Crippen LogP contribution < -0.4 is 10.2 Å². The molecule has 0 aromatic heterocycles. The largest absolute Gasteiger partial charge is 0.481 e. The van der Waals surface area contributed by atoms with E-state index < -0.39 is 35.3 Å². The van der Waals surface area contributed by atoms with Crippen LogP contribution >= 0.6 is 0 Å². The van der Waals surface area contributed by atoms with Gasteiger partial charge in [0.25, 0.3) is 0 Å². The number of benzene rings is 1. The Morgan fingerprint density at radius 2 is 1.68 bits per heavy atom. The summed E-state index contributed by atoms with van der Waals surface area (Å²) in [4.78, 5) is 51.8. The molecule has 1 amide bonds. The number of anilines is 1. The molecule has 2 unspecified atom stereocenters. The summed E-state index contributed by atoms with van der Waals surface area (Å²) in [5.74, 6) is 7.42. The van der Waals surface area contributed by atoms with Gasteiger partial charge in [0.15, 0.2) is 12.6 Å². The molecular formula is C65H94N2O11. The number of aliphatic carboxylic acids is 1. The minimum atomic E-state index is -1.02. The summed E-state index contributed by atoms with van der Waals surface area (Å²) in [7, 11) is 2.13. The van der Waals surface area contributed by atoms with Crippen LogP contribution in [-0.2, 0) is 33.3 Å². The lowest BCUT2D eigenvalue weighted by Crippen LogP contribution is -2.63. The lowest BCUT2D eigenvalue weighted by Gasteiger charge is -2.65. The molecule has 78 heavy (non-hydrogen) atoms. The van der Waals surface area contributed by atoms with Crippen LogP contribution in [0.5, 0.6) is 0 Å². The van der Waals surface area contributed by atoms with Gasteiger partial charge < -0.3 is 44.5 Å². The average Bonchev–Trinajstić information content (AvgIpc) is 4.09. The van der Waals surface area contributed by atoms with Gasteiger partial charge in [-0.1, -0.05) is 51.3 Å². The number of ketones is 1. The van der Waals surface area contributed by atoms with Gasteiger partial charge in [0.2, 0.25) is 0 Å². The summed E-state index contributed by atoms with van der Waals surface area (Å²) in [5, 5.41) is 36.9. The van der Waals surface area contributed by atoms with E-state index in [-0.39, 0.29) is 101 Å². The third-order valence-electron chi connectivity index (χ3n) is 22.2. The number of carbonyl (C=O) groups is 4. The molecule has 0 heterocycles. The molecule has 1 aromatic rings. The van der Waals surface area contributed by atoms with Gasteiger partial charge in [-0.15, -0.1) is 5.92 Å². The van der Waals surface area contributed by atoms with Crippen molar-refractivity contribution in [1.82, 2.24) is 5.32 Å². The molecule has 16 atom stereocenters. The van der Waals surface area contributed by atoms with Gasteiger partial charge in [0.05, 0.1) is 24.4 Å². The van der Waals surface area contributed by atoms with Gasteiger partial charge in [0, 0.05) is 56.4 Å². The Bertz CT molecular complexity index is 2540. The molecule has 430 valence electrons. The highest BCUT2D eigenvalue weighted by Gasteiger charge is 2.67. The van der Waals surface area contributed by atoms with Gasteiger partial charge >= 0.3 is 18.0 Å². The zero-order valence-corrected chi connectivity index (χ0v) is 48.8. The van der Waals surface area contributed by atoms with E-state index >= 15 is 0 Å². The van der Waals surface area contributed by atoms with E-state index in [0.717, 1.165) is 76.3 Å². The number of carbonyl (C=O) groups excluding carboxylic acids is 3. The minimum absolute atomic E-state index is 0.0593. The minimum Gasteiger partial charge on any atom is -0.481 e. The molecule has 8 aliphatic rings. The second-order valence-electron chi connectivity index (χ2n) is 27.6. The molecule has 0 aliphatic heterocycles. The number of ether oxygens (including phenoxy) is 4. The fraction of sp³-hybridized carbons (Fsp3) is 0.754. The molecule has 0 bridgehead atoms. The number of hydrogen-bond acceptors (Lipinski definition) is 11. The molecule has 6 saturated carbocycles. The third kappa shape index (κ3) is 11.3. The number of hydrogen-bond donors (Lipinski definition) is 4. The number of aliphatic hydroxyl groups is 2. The van der Waals surface area contributed by atoms with Crippen molar-refractivity contribution in [3.8, 4) is 11.8 Å². The summed E-state index contributed by atoms with van der Waals surface area (Å²) >= 11 is 0. The van der Waals surface area contributed by atoms with E-state index in [9.17, 15) is 34.5 Å². The van der Waals surface area contributed by atoms with E-state index in [4.69, 9.17) is 18.9 Å². The monoisotopic (exact) mass is 1080 g/mol. The van der Waals surface area contributed by atoms with Crippen LogP contribution in [0.1, 0.15) is 189 Å². The van der Waals surface area contributed by atoms with Crippen LogP contribution in [0.2, 0.25) is 0 Å². The lowest BCUT2D eigenvalue weighted by molar-refractivity contribution is -0.239. The average molecular weight is 1080 g/mol. The van der Waals surface area contributed by atoms with Crippen LogP contribution in [0.25, 0.3) is 0 Å². The number of carboxylic acids is 1. The zero-order chi connectivity index (χ0) is 56.2. The Kier molecular flexibility index (Phi) is 16.9. The Morgan fingerprint density at radius 3 is 2.40 bits per heavy atom. The van der Waals surface area contributed by atoms with Crippen LogP contribution in [0, 0.1) is 75.4 Å². The molecule has 0 spiro atoms. The first-order valence-corrected chi connectivity index (χ1v) is 30.0. The fourth-order valence-electron chi connectivity index (χ4n) is 18.0. The van der Waals surface area contributed by atoms with E-state index in [1.807, 2.05) is 13.0 Å². The third-order valence-corrected chi connectivity index (χ3v) is 22.2. The van der Waals surface area contributed by atoms with Crippen molar-refractivity contribution < 1.29 is 53.4 Å². The molecule has 4 N–H and O–H groups in total. The highest BCUT2D eigenvalue weighted by atomic mass is 16.7. The van der Waals surface area contributed by atoms with E-state index in [0.29, 0.717) is 57.1 Å². The van der Waals surface area contributed by atoms with E-state index in [1.54, 1.807) is 20.8 Å². The van der Waals surface area contributed by atoms with E-state index in [2.05, 4.69) is 88.0 Å². The predicted molar refractivity (Wildman–Crippen MR) is 300 cm³/mol. The maximum absolute atomic E-state index is 13.0. The lowest BCUT2D eigenvalue weighted by atomic mass is 9.42. The normalized spacial score (nSPS) is 38.2. The van der Waals surface area contributed by atoms with E-state index in [1.165, 1.54) is 22.3 Å². The van der Waals surface area contributed by atoms with Crippen molar-refractivity contribution in [3.63, 3.8) is 0 Å². The fourth-order valence-corrected chi connectivity index (χ4v) is 18.0. The van der Waals surface area contributed by atoms with Gasteiger partial charge in [-0.05, 0) is 224 Å². The Hall–Kier alpha value is -4.22. The van der Waals surface area contributed by atoms with Crippen molar-refractivity contribution >= 4 is 29.5 Å². The van der Waals surface area contributed by atoms with Crippen molar-refractivity contribution in [3.05, 3.63) is 52.6 Å². The van der Waals surface area contributed by atoms with Crippen LogP contribution in [0.3, 0.4) is 0 Å². The summed E-state index contributed by atoms with van der Waals surface area (Å²) in [6.45, 7) is 20.0. The number of aliphatic hydroxyl groups excluding tert-OH is 1. The smallest absolute Gasteiger partial charge is 0.407 e. The summed E-state index contributed by atoms with van der Waals surface area (Å²) in [5.41, 5.74) is 3.75. The highest BCUT2D eigenvalue weighted by Crippen LogP contribution is 2.70. The first-order valence-electron chi connectivity index (χ1n) is 30.0. The molecule has 13 heteroatoms. The summed E-state index contributed by atoms with van der Waals surface area (Å²) < 4.78 is 24.8. The first kappa shape index (κ1) is 58.4. The Morgan fingerprint density at radius 1 is 0.923 bits per heavy atom. The number of fused-ring (bicyclic) bond motifs is 9. The Labute approximate surface area is 465 Å². The summed E-state index contributed by atoms with van der Waals surface area (Å²) in [6, 6.07) is 9.06. The molecule has 0 radical (unpaired) electrons. The second-order valence-corrected chi connectivity index (χ2v) is 27.6. The number of alkyl carbamates (subject to hydrolysis) is 1. The number of esters is 1. The second kappa shape index (κ2) is 22.6. The number of allylic oxidation sites excluding steroid dienone is 4. The number of amides is 1. The predicted octanol–water partition coefficient (Wildman–Crippen LogP) is 11.5. The number of rotatable bonds is 17. The van der Waals surface area contributed by atoms with Crippen molar-refractivity contribution in [2.45, 2.75) is 213 Å². The number of carboxylic acid groups (broad SMARTS) is 1. The molecule has 9 rings (SSSR count). The van der Waals surface area contributed by atoms with Crippen molar-refractivity contribution in [1.29, 1.82) is 0 Å². The molecule has 1 aromatic carbocycles. The molecular weight excluding hydrogens is 985 g/mol. The van der Waals surface area contributed by atoms with Crippen LogP contribution in [0.15, 0.2) is 47.1 Å². The maximum Gasteiger partial charge on any atom is 0.407 e. The van der Waals surface area contributed by atoms with Gasteiger partial charge in [0.1, 0.15) is 11.2 Å². The Balaban J connectivity index is 0.865. The van der Waals surface area contributed by atoms with Gasteiger partial charge in [-0.3, -0.25) is 14.4 Å². The zero-order valence-electron chi connectivity index (χ0n) is 48.8. The molecule has 0 saturated heterocycles. The van der Waals surface area contributed by atoms with Crippen molar-refractivity contribution in [2.75, 3.05) is 38.4 Å². The molecule has 8 aliphatic carbocycles. The van der Waals surface area contributed by atoms with Crippen molar-refractivity contribution in [2.24, 2.45) is 63.6 Å². The first-order chi connectivity index (χ1) is 36.8. The molecule has 6 fully saturated rings.